The zero-order valence-electron chi connectivity index (χ0n) is 10.6. The summed E-state index contributed by atoms with van der Waals surface area (Å²) in [6, 6.07) is 8.30. The first-order valence-corrected chi connectivity index (χ1v) is 5.29. The highest BCUT2D eigenvalue weighted by atomic mass is 16.4. The van der Waals surface area contributed by atoms with Gasteiger partial charge in [0.25, 0.3) is 0 Å². The molecule has 1 aromatic carbocycles. The van der Waals surface area contributed by atoms with Crippen molar-refractivity contribution in [2.24, 2.45) is 0 Å². The van der Waals surface area contributed by atoms with Crippen molar-refractivity contribution in [3.05, 3.63) is 35.9 Å². The molecule has 0 aliphatic rings. The average Bonchev–Trinajstić information content (AvgIpc) is 2.17. The first-order valence-electron chi connectivity index (χ1n) is 5.29. The summed E-state index contributed by atoms with van der Waals surface area (Å²) in [6.07, 6.45) is 0. The Balaban J connectivity index is 0.000000304. The molecule has 0 unspecified atom stereocenters. The van der Waals surface area contributed by atoms with Gasteiger partial charge < -0.3 is 15.3 Å². The van der Waals surface area contributed by atoms with Gasteiger partial charge in [-0.15, -0.1) is 0 Å². The van der Waals surface area contributed by atoms with Crippen molar-refractivity contribution >= 4 is 5.97 Å². The summed E-state index contributed by atoms with van der Waals surface area (Å²) >= 11 is 0. The van der Waals surface area contributed by atoms with Crippen LogP contribution < -0.4 is 0 Å². The van der Waals surface area contributed by atoms with Crippen LogP contribution in [0.5, 0.6) is 0 Å². The lowest BCUT2D eigenvalue weighted by Crippen LogP contribution is -2.44. The SMILES string of the molecule is CC(C)(O)C(C)(C)O.O=C(O)c1ccccc1. The summed E-state index contributed by atoms with van der Waals surface area (Å²) in [5.41, 5.74) is -1.68. The summed E-state index contributed by atoms with van der Waals surface area (Å²) < 4.78 is 0. The van der Waals surface area contributed by atoms with E-state index in [1.54, 1.807) is 58.0 Å². The third kappa shape index (κ3) is 6.04. The molecule has 0 saturated carbocycles. The Bertz CT molecular complexity index is 332. The Kier molecular flexibility index (Phi) is 5.32. The normalized spacial score (nSPS) is 11.4. The van der Waals surface area contributed by atoms with Crippen LogP contribution in [0, 0.1) is 0 Å². The van der Waals surface area contributed by atoms with Crippen LogP contribution in [-0.4, -0.2) is 32.5 Å². The summed E-state index contributed by atoms with van der Waals surface area (Å²) in [5, 5.41) is 26.6. The Morgan fingerprint density at radius 3 is 1.47 bits per heavy atom. The molecule has 96 valence electrons. The van der Waals surface area contributed by atoms with Gasteiger partial charge in [0.2, 0.25) is 0 Å². The van der Waals surface area contributed by atoms with E-state index in [0.717, 1.165) is 0 Å². The molecule has 0 saturated heterocycles. The molecule has 17 heavy (non-hydrogen) atoms. The largest absolute Gasteiger partial charge is 0.478 e. The van der Waals surface area contributed by atoms with Crippen LogP contribution in [0.3, 0.4) is 0 Å². The smallest absolute Gasteiger partial charge is 0.335 e. The van der Waals surface area contributed by atoms with Gasteiger partial charge in [-0.1, -0.05) is 18.2 Å². The average molecular weight is 240 g/mol. The highest BCUT2D eigenvalue weighted by Gasteiger charge is 2.31. The van der Waals surface area contributed by atoms with E-state index in [9.17, 15) is 4.79 Å². The van der Waals surface area contributed by atoms with E-state index in [1.165, 1.54) is 0 Å². The molecule has 0 amide bonds. The first kappa shape index (κ1) is 15.6. The topological polar surface area (TPSA) is 77.8 Å². The summed E-state index contributed by atoms with van der Waals surface area (Å²) in [7, 11) is 0. The second kappa shape index (κ2) is 5.80. The maximum atomic E-state index is 10.2. The maximum absolute atomic E-state index is 10.2. The minimum atomic E-state index is -1.01. The molecule has 0 heterocycles. The number of rotatable bonds is 2. The van der Waals surface area contributed by atoms with Gasteiger partial charge in [0, 0.05) is 0 Å². The number of hydrogen-bond donors (Lipinski definition) is 3. The van der Waals surface area contributed by atoms with Gasteiger partial charge in [0.15, 0.2) is 0 Å². The van der Waals surface area contributed by atoms with E-state index in [2.05, 4.69) is 0 Å². The van der Waals surface area contributed by atoms with Crippen molar-refractivity contribution in [2.45, 2.75) is 38.9 Å². The minimum absolute atomic E-state index is 0.331. The Morgan fingerprint density at radius 1 is 0.941 bits per heavy atom. The van der Waals surface area contributed by atoms with E-state index in [1.807, 2.05) is 0 Å². The summed E-state index contributed by atoms with van der Waals surface area (Å²) in [4.78, 5) is 10.2. The van der Waals surface area contributed by atoms with Gasteiger partial charge in [0.1, 0.15) is 0 Å². The second-order valence-electron chi connectivity index (χ2n) is 4.79. The van der Waals surface area contributed by atoms with Gasteiger partial charge in [-0.2, -0.15) is 0 Å². The molecule has 0 aliphatic carbocycles. The van der Waals surface area contributed by atoms with Crippen LogP contribution in [0.15, 0.2) is 30.3 Å². The summed E-state index contributed by atoms with van der Waals surface area (Å²) in [6.45, 7) is 6.31. The molecule has 0 spiro atoms. The number of carbonyl (C=O) groups is 1. The molecule has 0 fully saturated rings. The van der Waals surface area contributed by atoms with Crippen LogP contribution in [0.2, 0.25) is 0 Å². The summed E-state index contributed by atoms with van der Waals surface area (Å²) in [5.74, 6) is -0.879. The van der Waals surface area contributed by atoms with Gasteiger partial charge in [-0.25, -0.2) is 4.79 Å². The van der Waals surface area contributed by atoms with Crippen molar-refractivity contribution in [3.63, 3.8) is 0 Å². The van der Waals surface area contributed by atoms with Crippen LogP contribution >= 0.6 is 0 Å². The van der Waals surface area contributed by atoms with Crippen molar-refractivity contribution in [2.75, 3.05) is 0 Å². The van der Waals surface area contributed by atoms with Gasteiger partial charge in [-0.05, 0) is 39.8 Å². The molecule has 0 radical (unpaired) electrons. The fourth-order valence-electron chi connectivity index (χ4n) is 0.581. The molecule has 1 aromatic rings. The predicted octanol–water partition coefficient (Wildman–Crippen LogP) is 1.91. The van der Waals surface area contributed by atoms with Crippen LogP contribution in [-0.2, 0) is 0 Å². The number of carboxylic acid groups (broad SMARTS) is 1. The monoisotopic (exact) mass is 240 g/mol. The molecular weight excluding hydrogens is 220 g/mol. The van der Waals surface area contributed by atoms with E-state index in [0.29, 0.717) is 5.56 Å². The van der Waals surface area contributed by atoms with Crippen molar-refractivity contribution in [1.29, 1.82) is 0 Å². The maximum Gasteiger partial charge on any atom is 0.335 e. The fraction of sp³-hybridized carbons (Fsp3) is 0.462. The van der Waals surface area contributed by atoms with Crippen molar-refractivity contribution in [1.82, 2.24) is 0 Å². The second-order valence-corrected chi connectivity index (χ2v) is 4.79. The fourth-order valence-corrected chi connectivity index (χ4v) is 0.581. The third-order valence-corrected chi connectivity index (χ3v) is 2.52. The van der Waals surface area contributed by atoms with Gasteiger partial charge in [-0.3, -0.25) is 0 Å². The lowest BCUT2D eigenvalue weighted by Gasteiger charge is -2.31. The Morgan fingerprint density at radius 2 is 1.29 bits per heavy atom. The Hall–Kier alpha value is -1.39. The lowest BCUT2D eigenvalue weighted by atomic mass is 9.90. The number of carboxylic acids is 1. The third-order valence-electron chi connectivity index (χ3n) is 2.52. The molecule has 0 aliphatic heterocycles. The van der Waals surface area contributed by atoms with E-state index in [-0.39, 0.29) is 0 Å². The zero-order valence-corrected chi connectivity index (χ0v) is 10.6. The van der Waals surface area contributed by atoms with Crippen LogP contribution in [0.25, 0.3) is 0 Å². The molecule has 4 heteroatoms. The highest BCUT2D eigenvalue weighted by molar-refractivity contribution is 5.87. The van der Waals surface area contributed by atoms with Gasteiger partial charge >= 0.3 is 5.97 Å². The number of benzene rings is 1. The van der Waals surface area contributed by atoms with Crippen molar-refractivity contribution < 1.29 is 20.1 Å². The van der Waals surface area contributed by atoms with E-state index in [4.69, 9.17) is 15.3 Å². The predicted molar refractivity (Wildman–Crippen MR) is 66.0 cm³/mol. The number of hydrogen-bond acceptors (Lipinski definition) is 3. The lowest BCUT2D eigenvalue weighted by molar-refractivity contribution is -0.107. The molecule has 3 N–H and O–H groups in total. The standard InChI is InChI=1S/C7H6O2.C6H14O2/c8-7(9)6-4-2-1-3-5-6;1-5(2,7)6(3,4)8/h1-5H,(H,8,9);7-8H,1-4H3. The number of aromatic carboxylic acids is 1. The van der Waals surface area contributed by atoms with Gasteiger partial charge in [0.05, 0.1) is 16.8 Å². The van der Waals surface area contributed by atoms with E-state index >= 15 is 0 Å². The quantitative estimate of drug-likeness (QED) is 0.738. The molecule has 1 rings (SSSR count). The molecule has 4 nitrogen and oxygen atoms in total. The molecule has 0 atom stereocenters. The zero-order chi connectivity index (χ0) is 13.7. The molecular formula is C13H20O4. The van der Waals surface area contributed by atoms with Crippen LogP contribution in [0.1, 0.15) is 38.1 Å². The molecule has 0 bridgehead atoms. The molecule has 0 aromatic heterocycles. The first-order chi connectivity index (χ1) is 7.55. The Labute approximate surface area is 102 Å². The van der Waals surface area contributed by atoms with E-state index < -0.39 is 17.2 Å². The van der Waals surface area contributed by atoms with Crippen LogP contribution in [0.4, 0.5) is 0 Å². The minimum Gasteiger partial charge on any atom is -0.478 e. The number of aliphatic hydroxyl groups is 2. The highest BCUT2D eigenvalue weighted by Crippen LogP contribution is 2.19. The van der Waals surface area contributed by atoms with Crippen molar-refractivity contribution in [3.8, 4) is 0 Å².